The van der Waals surface area contributed by atoms with Gasteiger partial charge in [0.25, 0.3) is 0 Å². The van der Waals surface area contributed by atoms with Gasteiger partial charge < -0.3 is 5.32 Å². The van der Waals surface area contributed by atoms with Gasteiger partial charge in [-0.1, -0.05) is 25.0 Å². The van der Waals surface area contributed by atoms with Gasteiger partial charge in [0.1, 0.15) is 0 Å². The van der Waals surface area contributed by atoms with E-state index in [1.807, 2.05) is 24.5 Å². The maximum atomic E-state index is 12.4. The van der Waals surface area contributed by atoms with E-state index in [-0.39, 0.29) is 11.8 Å². The lowest BCUT2D eigenvalue weighted by molar-refractivity contribution is -0.125. The van der Waals surface area contributed by atoms with Gasteiger partial charge in [-0.05, 0) is 50.3 Å². The van der Waals surface area contributed by atoms with Crippen molar-refractivity contribution in [3.8, 4) is 11.3 Å². The molecule has 1 amide bonds. The minimum absolute atomic E-state index is 0.108. The monoisotopic (exact) mass is 350 g/mol. The lowest BCUT2D eigenvalue weighted by Crippen LogP contribution is -2.30. The summed E-state index contributed by atoms with van der Waals surface area (Å²) in [5.74, 6) is 0.256. The fourth-order valence-corrected chi connectivity index (χ4v) is 4.05. The van der Waals surface area contributed by atoms with Crippen LogP contribution in [0, 0.1) is 5.92 Å². The predicted molar refractivity (Wildman–Crippen MR) is 101 cm³/mol. The highest BCUT2D eigenvalue weighted by Crippen LogP contribution is 2.33. The Kier molecular flexibility index (Phi) is 5.14. The maximum absolute atomic E-state index is 12.4. The summed E-state index contributed by atoms with van der Waals surface area (Å²) in [5, 5.41) is 7.94. The van der Waals surface area contributed by atoms with Crippen LogP contribution in [0.25, 0.3) is 11.3 Å². The standard InChI is InChI=1S/C21H26N4O/c26-21(17-6-2-1-3-7-17)23-15-18-14-20(16-10-12-22-13-11-16)25(24-18)19-8-4-5-9-19/h1-2,10-14,17,19H,3-9,15H2,(H,23,26)/t17-/m1/s1. The Hall–Kier alpha value is -2.43. The Labute approximate surface area is 154 Å². The molecule has 5 heteroatoms. The largest absolute Gasteiger partial charge is 0.350 e. The van der Waals surface area contributed by atoms with Crippen LogP contribution in [0.15, 0.2) is 42.7 Å². The highest BCUT2D eigenvalue weighted by atomic mass is 16.1. The summed E-state index contributed by atoms with van der Waals surface area (Å²) in [6.07, 6.45) is 15.6. The maximum Gasteiger partial charge on any atom is 0.223 e. The van der Waals surface area contributed by atoms with Crippen LogP contribution in [0.3, 0.4) is 0 Å². The first-order valence-corrected chi connectivity index (χ1v) is 9.73. The molecule has 0 unspecified atom stereocenters. The molecule has 4 rings (SSSR count). The summed E-state index contributed by atoms with van der Waals surface area (Å²) < 4.78 is 2.17. The molecule has 2 aliphatic carbocycles. The Morgan fingerprint density at radius 2 is 1.96 bits per heavy atom. The number of carbonyl (C=O) groups is 1. The molecule has 1 N–H and O–H groups in total. The molecule has 1 fully saturated rings. The molecule has 2 aliphatic rings. The van der Waals surface area contributed by atoms with Crippen molar-refractivity contribution in [3.63, 3.8) is 0 Å². The highest BCUT2D eigenvalue weighted by molar-refractivity contribution is 5.79. The van der Waals surface area contributed by atoms with E-state index in [2.05, 4.69) is 33.2 Å². The molecule has 0 aromatic carbocycles. The summed E-state index contributed by atoms with van der Waals surface area (Å²) in [7, 11) is 0. The van der Waals surface area contributed by atoms with Gasteiger partial charge >= 0.3 is 0 Å². The Morgan fingerprint density at radius 1 is 1.15 bits per heavy atom. The van der Waals surface area contributed by atoms with Gasteiger partial charge in [-0.15, -0.1) is 0 Å². The van der Waals surface area contributed by atoms with Gasteiger partial charge in [0.2, 0.25) is 5.91 Å². The average molecular weight is 350 g/mol. The van der Waals surface area contributed by atoms with Crippen LogP contribution in [0.4, 0.5) is 0 Å². The first kappa shape index (κ1) is 17.0. The van der Waals surface area contributed by atoms with Crippen LogP contribution < -0.4 is 5.32 Å². The van der Waals surface area contributed by atoms with Crippen molar-refractivity contribution in [2.75, 3.05) is 0 Å². The lowest BCUT2D eigenvalue weighted by atomic mass is 9.94. The van der Waals surface area contributed by atoms with E-state index in [1.54, 1.807) is 0 Å². The summed E-state index contributed by atoms with van der Waals surface area (Å²) >= 11 is 0. The second-order valence-corrected chi connectivity index (χ2v) is 7.34. The zero-order valence-electron chi connectivity index (χ0n) is 15.1. The quantitative estimate of drug-likeness (QED) is 0.828. The number of hydrogen-bond donors (Lipinski definition) is 1. The van der Waals surface area contributed by atoms with Crippen molar-refractivity contribution >= 4 is 5.91 Å². The van der Waals surface area contributed by atoms with E-state index >= 15 is 0 Å². The SMILES string of the molecule is O=C(NCc1cc(-c2ccncc2)n(C2CCCC2)n1)[C@@H]1CC=CCC1. The van der Waals surface area contributed by atoms with Crippen LogP contribution in [0.1, 0.15) is 56.7 Å². The number of nitrogens with one attached hydrogen (secondary N) is 1. The van der Waals surface area contributed by atoms with Gasteiger partial charge in [0.15, 0.2) is 0 Å². The summed E-state index contributed by atoms with van der Waals surface area (Å²) in [4.78, 5) is 16.5. The second-order valence-electron chi connectivity index (χ2n) is 7.34. The minimum atomic E-state index is 0.108. The molecule has 2 aromatic heterocycles. The fourth-order valence-electron chi connectivity index (χ4n) is 4.05. The van der Waals surface area contributed by atoms with E-state index in [1.165, 1.54) is 25.7 Å². The number of aromatic nitrogens is 3. The van der Waals surface area contributed by atoms with E-state index in [0.29, 0.717) is 12.6 Å². The topological polar surface area (TPSA) is 59.8 Å². The fraction of sp³-hybridized carbons (Fsp3) is 0.476. The van der Waals surface area contributed by atoms with E-state index < -0.39 is 0 Å². The number of nitrogens with zero attached hydrogens (tertiary/aromatic N) is 3. The third-order valence-electron chi connectivity index (χ3n) is 5.52. The molecule has 26 heavy (non-hydrogen) atoms. The highest BCUT2D eigenvalue weighted by Gasteiger charge is 2.23. The number of carbonyl (C=O) groups excluding carboxylic acids is 1. The van der Waals surface area contributed by atoms with Crippen molar-refractivity contribution in [2.45, 2.75) is 57.5 Å². The molecule has 1 atom stereocenters. The molecular formula is C21H26N4O. The average Bonchev–Trinajstić information content (AvgIpc) is 3.37. The molecule has 1 saturated carbocycles. The second kappa shape index (κ2) is 7.85. The van der Waals surface area contributed by atoms with Crippen molar-refractivity contribution in [3.05, 3.63) is 48.4 Å². The zero-order valence-corrected chi connectivity index (χ0v) is 15.1. The van der Waals surface area contributed by atoms with Gasteiger partial charge in [0, 0.05) is 23.9 Å². The third kappa shape index (κ3) is 3.71. The number of hydrogen-bond acceptors (Lipinski definition) is 3. The summed E-state index contributed by atoms with van der Waals surface area (Å²) in [5.41, 5.74) is 3.20. The van der Waals surface area contributed by atoms with Crippen LogP contribution in [0.5, 0.6) is 0 Å². The summed E-state index contributed by atoms with van der Waals surface area (Å²) in [6.45, 7) is 0.497. The molecule has 0 saturated heterocycles. The molecule has 0 bridgehead atoms. The molecular weight excluding hydrogens is 324 g/mol. The lowest BCUT2D eigenvalue weighted by Gasteiger charge is -2.16. The van der Waals surface area contributed by atoms with Crippen molar-refractivity contribution in [1.82, 2.24) is 20.1 Å². The molecule has 0 radical (unpaired) electrons. The Morgan fingerprint density at radius 3 is 2.69 bits per heavy atom. The molecule has 136 valence electrons. The van der Waals surface area contributed by atoms with Crippen LogP contribution >= 0.6 is 0 Å². The normalized spacial score (nSPS) is 20.4. The van der Waals surface area contributed by atoms with Crippen LogP contribution in [0.2, 0.25) is 0 Å². The summed E-state index contributed by atoms with van der Waals surface area (Å²) in [6, 6.07) is 6.64. The smallest absolute Gasteiger partial charge is 0.223 e. The van der Waals surface area contributed by atoms with Crippen LogP contribution in [-0.2, 0) is 11.3 Å². The Balaban J connectivity index is 1.51. The predicted octanol–water partition coefficient (Wildman–Crippen LogP) is 4.03. The Bertz CT molecular complexity index is 775. The first-order chi connectivity index (χ1) is 12.8. The van der Waals surface area contributed by atoms with E-state index in [4.69, 9.17) is 5.10 Å². The van der Waals surface area contributed by atoms with Crippen molar-refractivity contribution in [1.29, 1.82) is 0 Å². The van der Waals surface area contributed by atoms with E-state index in [0.717, 1.165) is 36.2 Å². The third-order valence-corrected chi connectivity index (χ3v) is 5.52. The van der Waals surface area contributed by atoms with Gasteiger partial charge in [-0.25, -0.2) is 0 Å². The molecule has 5 nitrogen and oxygen atoms in total. The van der Waals surface area contributed by atoms with Gasteiger partial charge in [-0.3, -0.25) is 14.5 Å². The van der Waals surface area contributed by atoms with Crippen molar-refractivity contribution < 1.29 is 4.79 Å². The van der Waals surface area contributed by atoms with Gasteiger partial charge in [0.05, 0.1) is 24.0 Å². The minimum Gasteiger partial charge on any atom is -0.350 e. The number of rotatable bonds is 5. The first-order valence-electron chi connectivity index (χ1n) is 9.73. The molecule has 0 spiro atoms. The van der Waals surface area contributed by atoms with E-state index in [9.17, 15) is 4.79 Å². The molecule has 2 aromatic rings. The number of pyridine rings is 1. The number of allylic oxidation sites excluding steroid dienone is 2. The van der Waals surface area contributed by atoms with Crippen LogP contribution in [-0.4, -0.2) is 20.7 Å². The van der Waals surface area contributed by atoms with Gasteiger partial charge in [-0.2, -0.15) is 5.10 Å². The van der Waals surface area contributed by atoms with Crippen molar-refractivity contribution in [2.24, 2.45) is 5.92 Å². The number of amides is 1. The molecule has 0 aliphatic heterocycles. The molecule has 2 heterocycles. The zero-order chi connectivity index (χ0) is 17.8.